The van der Waals surface area contributed by atoms with E-state index in [2.05, 4.69) is 5.32 Å². The highest BCUT2D eigenvalue weighted by Crippen LogP contribution is 2.19. The predicted octanol–water partition coefficient (Wildman–Crippen LogP) is 2.91. The summed E-state index contributed by atoms with van der Waals surface area (Å²) in [4.78, 5) is 10.9. The Hall–Kier alpha value is -2.43. The fourth-order valence-corrected chi connectivity index (χ4v) is 1.77. The first kappa shape index (κ1) is 13.0. The van der Waals surface area contributed by atoms with Gasteiger partial charge in [-0.2, -0.15) is 0 Å². The van der Waals surface area contributed by atoms with Crippen LogP contribution in [0.1, 0.15) is 21.9 Å². The molecule has 19 heavy (non-hydrogen) atoms. The second kappa shape index (κ2) is 5.48. The van der Waals surface area contributed by atoms with Crippen LogP contribution in [-0.4, -0.2) is 18.2 Å². The number of carboxylic acid groups (broad SMARTS) is 1. The van der Waals surface area contributed by atoms with Crippen LogP contribution in [0.4, 0.5) is 5.69 Å². The molecule has 0 aliphatic heterocycles. The van der Waals surface area contributed by atoms with Gasteiger partial charge in [0.2, 0.25) is 5.76 Å². The Labute approximate surface area is 110 Å². The Morgan fingerprint density at radius 2 is 2.21 bits per heavy atom. The van der Waals surface area contributed by atoms with Gasteiger partial charge in [-0.3, -0.25) is 0 Å². The van der Waals surface area contributed by atoms with Gasteiger partial charge in [0, 0.05) is 17.3 Å². The molecule has 0 saturated carbocycles. The van der Waals surface area contributed by atoms with Gasteiger partial charge in [0.15, 0.2) is 0 Å². The van der Waals surface area contributed by atoms with Crippen molar-refractivity contribution in [1.82, 2.24) is 0 Å². The maximum Gasteiger partial charge on any atom is 0.372 e. The molecule has 0 amide bonds. The van der Waals surface area contributed by atoms with Crippen LogP contribution in [0.15, 0.2) is 34.7 Å². The zero-order valence-electron chi connectivity index (χ0n) is 10.8. The van der Waals surface area contributed by atoms with Gasteiger partial charge in [-0.1, -0.05) is 6.07 Å². The number of ether oxygens (including phenoxy) is 1. The lowest BCUT2D eigenvalue weighted by Gasteiger charge is -2.06. The van der Waals surface area contributed by atoms with Crippen molar-refractivity contribution in [2.75, 3.05) is 12.4 Å². The molecule has 0 bridgehead atoms. The Morgan fingerprint density at radius 3 is 2.84 bits per heavy atom. The molecular weight excluding hydrogens is 246 g/mol. The number of aromatic carboxylic acids is 1. The zero-order chi connectivity index (χ0) is 13.8. The highest BCUT2D eigenvalue weighted by molar-refractivity contribution is 5.86. The molecule has 5 heteroatoms. The zero-order valence-corrected chi connectivity index (χ0v) is 10.8. The summed E-state index contributed by atoms with van der Waals surface area (Å²) in [5.41, 5.74) is 1.50. The van der Waals surface area contributed by atoms with Crippen LogP contribution < -0.4 is 10.1 Å². The third kappa shape index (κ3) is 3.07. The minimum Gasteiger partial charge on any atom is -0.497 e. The molecule has 100 valence electrons. The van der Waals surface area contributed by atoms with Crippen molar-refractivity contribution in [2.45, 2.75) is 13.5 Å². The van der Waals surface area contributed by atoms with Crippen LogP contribution in [0, 0.1) is 6.92 Å². The molecular formula is C14H15NO4. The number of carboxylic acids is 1. The van der Waals surface area contributed by atoms with Gasteiger partial charge in [-0.05, 0) is 25.1 Å². The molecule has 0 radical (unpaired) electrons. The molecule has 2 N–H and O–H groups in total. The van der Waals surface area contributed by atoms with Gasteiger partial charge >= 0.3 is 5.97 Å². The molecule has 1 heterocycles. The number of nitrogens with one attached hydrogen (secondary N) is 1. The van der Waals surface area contributed by atoms with Crippen molar-refractivity contribution in [3.05, 3.63) is 47.4 Å². The number of hydrogen-bond acceptors (Lipinski definition) is 4. The largest absolute Gasteiger partial charge is 0.497 e. The molecule has 0 unspecified atom stereocenters. The summed E-state index contributed by atoms with van der Waals surface area (Å²) < 4.78 is 10.4. The minimum atomic E-state index is -1.05. The number of carbonyl (C=O) groups is 1. The third-order valence-corrected chi connectivity index (χ3v) is 2.70. The summed E-state index contributed by atoms with van der Waals surface area (Å²) in [7, 11) is 1.61. The fraction of sp³-hybridized carbons (Fsp3) is 0.214. The summed E-state index contributed by atoms with van der Waals surface area (Å²) >= 11 is 0. The highest BCUT2D eigenvalue weighted by Gasteiger charge is 2.13. The maximum absolute atomic E-state index is 10.9. The number of furan rings is 1. The van der Waals surface area contributed by atoms with E-state index in [0.717, 1.165) is 11.4 Å². The molecule has 0 aliphatic carbocycles. The van der Waals surface area contributed by atoms with E-state index in [0.29, 0.717) is 17.9 Å². The number of aryl methyl sites for hydroxylation is 1. The SMILES string of the molecule is COc1cccc(NCc2cc(C)c(C(=O)O)o2)c1. The number of anilines is 1. The monoisotopic (exact) mass is 261 g/mol. The smallest absolute Gasteiger partial charge is 0.372 e. The normalized spacial score (nSPS) is 10.2. The van der Waals surface area contributed by atoms with Crippen molar-refractivity contribution in [2.24, 2.45) is 0 Å². The molecule has 0 fully saturated rings. The van der Waals surface area contributed by atoms with Crippen LogP contribution in [0.25, 0.3) is 0 Å². The van der Waals surface area contributed by atoms with Crippen LogP contribution in [0.2, 0.25) is 0 Å². The Balaban J connectivity index is 2.06. The van der Waals surface area contributed by atoms with Crippen molar-refractivity contribution in [1.29, 1.82) is 0 Å². The van der Waals surface area contributed by atoms with E-state index in [-0.39, 0.29) is 5.76 Å². The second-order valence-corrected chi connectivity index (χ2v) is 4.12. The highest BCUT2D eigenvalue weighted by atomic mass is 16.5. The fourth-order valence-electron chi connectivity index (χ4n) is 1.77. The van der Waals surface area contributed by atoms with E-state index in [1.807, 2.05) is 24.3 Å². The molecule has 2 rings (SSSR count). The Kier molecular flexibility index (Phi) is 3.75. The van der Waals surface area contributed by atoms with Crippen LogP contribution in [-0.2, 0) is 6.54 Å². The Morgan fingerprint density at radius 1 is 1.42 bits per heavy atom. The molecule has 0 spiro atoms. The third-order valence-electron chi connectivity index (χ3n) is 2.70. The summed E-state index contributed by atoms with van der Waals surface area (Å²) in [6, 6.07) is 9.20. The maximum atomic E-state index is 10.9. The lowest BCUT2D eigenvalue weighted by atomic mass is 10.2. The van der Waals surface area contributed by atoms with Crippen molar-refractivity contribution < 1.29 is 19.1 Å². The van der Waals surface area contributed by atoms with E-state index in [9.17, 15) is 4.79 Å². The molecule has 0 aliphatic rings. The average molecular weight is 261 g/mol. The first-order valence-corrected chi connectivity index (χ1v) is 5.80. The molecule has 2 aromatic rings. The summed E-state index contributed by atoms with van der Waals surface area (Å²) in [6.45, 7) is 2.13. The van der Waals surface area contributed by atoms with Crippen LogP contribution >= 0.6 is 0 Å². The summed E-state index contributed by atoms with van der Waals surface area (Å²) in [6.07, 6.45) is 0. The molecule has 0 atom stereocenters. The van der Waals surface area contributed by atoms with Gasteiger partial charge in [0.05, 0.1) is 13.7 Å². The van der Waals surface area contributed by atoms with Crippen LogP contribution in [0.5, 0.6) is 5.75 Å². The van der Waals surface area contributed by atoms with Crippen molar-refractivity contribution in [3.8, 4) is 5.75 Å². The van der Waals surface area contributed by atoms with Gasteiger partial charge < -0.3 is 19.6 Å². The van der Waals surface area contributed by atoms with Crippen molar-refractivity contribution in [3.63, 3.8) is 0 Å². The van der Waals surface area contributed by atoms with E-state index in [1.165, 1.54) is 0 Å². The topological polar surface area (TPSA) is 71.7 Å². The van der Waals surface area contributed by atoms with E-state index < -0.39 is 5.97 Å². The van der Waals surface area contributed by atoms with E-state index in [1.54, 1.807) is 20.1 Å². The lowest BCUT2D eigenvalue weighted by molar-refractivity contribution is 0.0659. The summed E-state index contributed by atoms with van der Waals surface area (Å²) in [5, 5.41) is 12.1. The van der Waals surface area contributed by atoms with E-state index >= 15 is 0 Å². The molecule has 5 nitrogen and oxygen atoms in total. The molecule has 1 aromatic carbocycles. The van der Waals surface area contributed by atoms with Gasteiger partial charge in [-0.15, -0.1) is 0 Å². The van der Waals surface area contributed by atoms with Crippen molar-refractivity contribution >= 4 is 11.7 Å². The summed E-state index contributed by atoms with van der Waals surface area (Å²) in [5.74, 6) is 0.275. The minimum absolute atomic E-state index is 0.0116. The van der Waals surface area contributed by atoms with E-state index in [4.69, 9.17) is 14.3 Å². The predicted molar refractivity (Wildman–Crippen MR) is 70.7 cm³/mol. The van der Waals surface area contributed by atoms with Crippen LogP contribution in [0.3, 0.4) is 0 Å². The second-order valence-electron chi connectivity index (χ2n) is 4.12. The number of methoxy groups -OCH3 is 1. The van der Waals surface area contributed by atoms with Gasteiger partial charge in [-0.25, -0.2) is 4.79 Å². The number of rotatable bonds is 5. The average Bonchev–Trinajstić information content (AvgIpc) is 2.78. The lowest BCUT2D eigenvalue weighted by Crippen LogP contribution is -1.98. The quantitative estimate of drug-likeness (QED) is 0.865. The van der Waals surface area contributed by atoms with Gasteiger partial charge in [0.25, 0.3) is 0 Å². The number of hydrogen-bond donors (Lipinski definition) is 2. The molecule has 0 saturated heterocycles. The first-order valence-electron chi connectivity index (χ1n) is 5.80. The Bertz CT molecular complexity index is 589. The molecule has 1 aromatic heterocycles. The van der Waals surface area contributed by atoms with Gasteiger partial charge in [0.1, 0.15) is 11.5 Å². The number of benzene rings is 1. The first-order chi connectivity index (χ1) is 9.10. The standard InChI is InChI=1S/C14H15NO4/c1-9-6-12(19-13(9)14(16)17)8-15-10-4-3-5-11(7-10)18-2/h3-7,15H,8H2,1-2H3,(H,16,17).